The first kappa shape index (κ1) is 52.1. The molecule has 6 aliphatic carbocycles. The highest BCUT2D eigenvalue weighted by atomic mass is 32.2. The number of methoxy groups -OCH3 is 1. The third-order valence-corrected chi connectivity index (χ3v) is 20.5. The topological polar surface area (TPSA) is 195 Å². The Morgan fingerprint density at radius 2 is 1.75 bits per heavy atom. The van der Waals surface area contributed by atoms with Crippen LogP contribution >= 0.6 is 0 Å². The van der Waals surface area contributed by atoms with Gasteiger partial charge in [0.25, 0.3) is 21.6 Å². The lowest BCUT2D eigenvalue weighted by Gasteiger charge is -2.64. The van der Waals surface area contributed by atoms with E-state index >= 15 is 0 Å². The Morgan fingerprint density at radius 1 is 1.00 bits per heavy atom. The minimum atomic E-state index is -4.64. The van der Waals surface area contributed by atoms with Crippen molar-refractivity contribution in [3.05, 3.63) is 112 Å². The lowest BCUT2D eigenvalue weighted by atomic mass is 9.47. The maximum absolute atomic E-state index is 14.8. The van der Waals surface area contributed by atoms with Crippen molar-refractivity contribution in [3.63, 3.8) is 0 Å². The first-order valence-corrected chi connectivity index (χ1v) is 29.4. The summed E-state index contributed by atoms with van der Waals surface area (Å²) in [7, 11) is -2.69. The third kappa shape index (κ3) is 10.1. The lowest BCUT2D eigenvalue weighted by Crippen LogP contribution is -2.68. The van der Waals surface area contributed by atoms with Gasteiger partial charge in [0.05, 0.1) is 38.2 Å². The van der Waals surface area contributed by atoms with Crippen molar-refractivity contribution in [1.82, 2.24) is 24.5 Å². The summed E-state index contributed by atoms with van der Waals surface area (Å²) in [6.45, 7) is 12.7. The Bertz CT molecular complexity index is 3180. The Hall–Kier alpha value is -5.66. The van der Waals surface area contributed by atoms with Crippen molar-refractivity contribution >= 4 is 44.0 Å². The fraction of sp³-hybridized carbons (Fsp3) is 0.559. The van der Waals surface area contributed by atoms with Gasteiger partial charge in [-0.1, -0.05) is 38.1 Å². The van der Waals surface area contributed by atoms with Gasteiger partial charge in [-0.15, -0.1) is 0 Å². The number of pyridine rings is 1. The monoisotopic (exact) mass is 1070 g/mol. The molecule has 13 rings (SSSR count). The molecule has 2 unspecified atom stereocenters. The standard InChI is InChI=1S/C59H73FN8O8S/c1-37(2)45-7-5-6-8-46(45)52-32-65(34-57-23-39-19-40(24-57)26-59(25-39,33-57)75-4)17-18-67(52)42-27-58(28-42)35-66(36-58)41-9-11-47(53(20-41)76-43-21-48-49(60)31-63-54(48)62-30-43)55(69)64-77(73,74)44-10-12-50(51(22-44)68(71)72)61-29-38-13-15-56(3,70)16-14-38/h5-12,20-22,30-31,37-40,42,52,61,70H,13-19,23-29,32-36H2,1-4H3,(H,62,63)(H,64,69)/t38?,39-,40+,52-,56?,57?,59?/m0/s1. The number of fused-ring (bicyclic) bond motifs is 1. The number of ether oxygens (including phenoxy) is 2. The minimum absolute atomic E-state index is 0.0324. The molecule has 410 valence electrons. The number of hydrogen-bond acceptors (Lipinski definition) is 13. The first-order chi connectivity index (χ1) is 36.8. The molecule has 0 radical (unpaired) electrons. The van der Waals surface area contributed by atoms with Crippen LogP contribution in [0.5, 0.6) is 11.5 Å². The number of amides is 1. The highest BCUT2D eigenvalue weighted by molar-refractivity contribution is 7.90. The average molecular weight is 1070 g/mol. The molecule has 1 amide bonds. The third-order valence-electron chi connectivity index (χ3n) is 19.2. The van der Waals surface area contributed by atoms with Crippen molar-refractivity contribution in [3.8, 4) is 11.5 Å². The lowest BCUT2D eigenvalue weighted by molar-refractivity contribution is -0.384. The number of nitro benzene ring substituents is 1. The second-order valence-electron chi connectivity index (χ2n) is 25.2. The van der Waals surface area contributed by atoms with Crippen LogP contribution in [0.2, 0.25) is 0 Å². The van der Waals surface area contributed by atoms with Crippen molar-refractivity contribution in [2.24, 2.45) is 28.6 Å². The van der Waals surface area contributed by atoms with E-state index in [9.17, 15) is 32.8 Å². The molecule has 4 N–H and O–H groups in total. The molecule has 2 aliphatic heterocycles. The molecule has 2 saturated heterocycles. The van der Waals surface area contributed by atoms with Crippen LogP contribution in [0.4, 0.5) is 21.5 Å². The Balaban J connectivity index is 0.748. The van der Waals surface area contributed by atoms with Crippen LogP contribution in [0.3, 0.4) is 0 Å². The number of nitrogens with one attached hydrogen (secondary N) is 3. The highest BCUT2D eigenvalue weighted by Gasteiger charge is 2.59. The van der Waals surface area contributed by atoms with Crippen molar-refractivity contribution in [2.75, 3.05) is 63.1 Å². The molecule has 3 aromatic carbocycles. The number of aliphatic hydroxyl groups is 1. The van der Waals surface area contributed by atoms with E-state index in [0.29, 0.717) is 48.5 Å². The van der Waals surface area contributed by atoms with Crippen LogP contribution in [0.1, 0.15) is 131 Å². The van der Waals surface area contributed by atoms with E-state index in [0.717, 1.165) is 88.5 Å². The summed E-state index contributed by atoms with van der Waals surface area (Å²) >= 11 is 0. The zero-order valence-electron chi connectivity index (χ0n) is 44.7. The van der Waals surface area contributed by atoms with Crippen LogP contribution in [0.25, 0.3) is 11.0 Å². The number of rotatable bonds is 16. The molecule has 2 aromatic heterocycles. The minimum Gasteiger partial charge on any atom is -0.455 e. The molecular formula is C59H73FN8O8S. The van der Waals surface area contributed by atoms with Gasteiger partial charge < -0.3 is 29.8 Å². The maximum Gasteiger partial charge on any atom is 0.293 e. The predicted molar refractivity (Wildman–Crippen MR) is 292 cm³/mol. The summed E-state index contributed by atoms with van der Waals surface area (Å²) in [6.07, 6.45) is 15.2. The number of nitrogens with zero attached hydrogens (tertiary/aromatic N) is 5. The average Bonchev–Trinajstić information content (AvgIpc) is 3.80. The van der Waals surface area contributed by atoms with E-state index in [-0.39, 0.29) is 45.1 Å². The van der Waals surface area contributed by atoms with E-state index in [1.165, 1.54) is 86.3 Å². The number of carbonyl (C=O) groups excluding carboxylic acids is 1. The van der Waals surface area contributed by atoms with Crippen LogP contribution in [0, 0.1) is 44.5 Å². The number of carbonyl (C=O) groups is 1. The van der Waals surface area contributed by atoms with Gasteiger partial charge in [-0.2, -0.15) is 0 Å². The molecule has 5 aromatic rings. The molecular weight excluding hydrogens is 1000 g/mol. The Labute approximate surface area is 450 Å². The number of benzene rings is 3. The molecule has 77 heavy (non-hydrogen) atoms. The maximum atomic E-state index is 14.8. The number of nitro groups is 1. The second-order valence-corrected chi connectivity index (χ2v) is 26.9. The molecule has 4 bridgehead atoms. The molecule has 1 spiro atoms. The number of aromatic amines is 1. The number of anilines is 2. The number of halogens is 1. The van der Waals surface area contributed by atoms with Crippen LogP contribution in [0.15, 0.2) is 84.0 Å². The molecule has 18 heteroatoms. The molecule has 16 nitrogen and oxygen atoms in total. The SMILES string of the molecule is COC12C[C@@H]3C[C@@H](CC(CN4CCN(C5CC6(C5)CN(c5ccc(C(=O)NS(=O)(=O)c7ccc(NCC8CCC(C)(O)CC8)c([N+](=O)[O-])c7)c(Oc7cnc8[nH]cc(F)c8c7)c5)C6)[C@H](c5ccccc5C(C)C)C4)(C3)C1)C2. The van der Waals surface area contributed by atoms with E-state index in [4.69, 9.17) is 9.47 Å². The van der Waals surface area contributed by atoms with Crippen LogP contribution in [-0.2, 0) is 14.8 Å². The summed E-state index contributed by atoms with van der Waals surface area (Å²) in [6, 6.07) is 19.8. The van der Waals surface area contributed by atoms with Gasteiger partial charge in [-0.05, 0) is 155 Å². The van der Waals surface area contributed by atoms with Gasteiger partial charge in [0.15, 0.2) is 0 Å². The molecule has 8 aliphatic rings. The van der Waals surface area contributed by atoms with Crippen LogP contribution in [-0.4, -0.2) is 114 Å². The second kappa shape index (κ2) is 19.6. The number of sulfonamides is 1. The normalized spacial score (nSPS) is 29.2. The summed E-state index contributed by atoms with van der Waals surface area (Å²) in [5.41, 5.74) is 3.36. The molecule has 5 atom stereocenters. The van der Waals surface area contributed by atoms with E-state index in [1.54, 1.807) is 19.1 Å². The number of aromatic nitrogens is 2. The van der Waals surface area contributed by atoms with Gasteiger partial charge in [0, 0.05) is 94.4 Å². The van der Waals surface area contributed by atoms with Crippen LogP contribution < -0.4 is 19.7 Å². The fourth-order valence-electron chi connectivity index (χ4n) is 15.8. The summed E-state index contributed by atoms with van der Waals surface area (Å²) < 4.78 is 57.3. The highest BCUT2D eigenvalue weighted by Crippen LogP contribution is 2.63. The van der Waals surface area contributed by atoms with Gasteiger partial charge in [-0.3, -0.25) is 24.7 Å². The van der Waals surface area contributed by atoms with E-state index in [1.807, 2.05) is 7.11 Å². The van der Waals surface area contributed by atoms with Gasteiger partial charge in [0.2, 0.25) is 0 Å². The Kier molecular flexibility index (Phi) is 13.3. The van der Waals surface area contributed by atoms with E-state index < -0.39 is 42.9 Å². The summed E-state index contributed by atoms with van der Waals surface area (Å²) in [4.78, 5) is 40.2. The van der Waals surface area contributed by atoms with Crippen molar-refractivity contribution in [2.45, 2.75) is 132 Å². The van der Waals surface area contributed by atoms with Gasteiger partial charge in [-0.25, -0.2) is 22.5 Å². The fourth-order valence-corrected chi connectivity index (χ4v) is 16.8. The number of H-pyrrole nitrogens is 1. The first-order valence-electron chi connectivity index (χ1n) is 27.9. The van der Waals surface area contributed by atoms with Gasteiger partial charge >= 0.3 is 0 Å². The van der Waals surface area contributed by atoms with Crippen molar-refractivity contribution in [1.29, 1.82) is 0 Å². The molecule has 6 saturated carbocycles. The molecule has 4 heterocycles. The molecule has 8 fully saturated rings. The predicted octanol–water partition coefficient (Wildman–Crippen LogP) is 10.3. The Morgan fingerprint density at radius 3 is 2.48 bits per heavy atom. The summed E-state index contributed by atoms with van der Waals surface area (Å²) in [5, 5.41) is 25.9. The zero-order valence-corrected chi connectivity index (χ0v) is 45.5. The van der Waals surface area contributed by atoms with Gasteiger partial charge in [0.1, 0.15) is 28.7 Å². The number of piperazine rings is 1. The quantitative estimate of drug-likeness (QED) is 0.0539. The van der Waals surface area contributed by atoms with Crippen molar-refractivity contribution < 1.29 is 37.1 Å². The zero-order chi connectivity index (χ0) is 53.6. The largest absolute Gasteiger partial charge is 0.455 e. The van der Waals surface area contributed by atoms with E-state index in [2.05, 4.69) is 72.8 Å². The smallest absolute Gasteiger partial charge is 0.293 e. The summed E-state index contributed by atoms with van der Waals surface area (Å²) in [5.74, 6) is 0.791. The number of hydrogen-bond donors (Lipinski definition) is 4.